The van der Waals surface area contributed by atoms with Crippen LogP contribution in [0.3, 0.4) is 0 Å². The smallest absolute Gasteiger partial charge is 0.379 e. The number of rotatable bonds is 3. The molecule has 0 unspecified atom stereocenters. The van der Waals surface area contributed by atoms with E-state index < -0.39 is 21.9 Å². The van der Waals surface area contributed by atoms with E-state index in [2.05, 4.69) is 4.98 Å². The highest BCUT2D eigenvalue weighted by Gasteiger charge is 2.34. The molecule has 0 spiro atoms. The van der Waals surface area contributed by atoms with E-state index in [0.717, 1.165) is 18.3 Å². The molecule has 140 valence electrons. The summed E-state index contributed by atoms with van der Waals surface area (Å²) in [5.41, 5.74) is -0.763. The third-order valence-electron chi connectivity index (χ3n) is 4.26. The minimum Gasteiger partial charge on any atom is -0.379 e. The Morgan fingerprint density at radius 3 is 2.20 bits per heavy atom. The average molecular weight is 380 g/mol. The maximum absolute atomic E-state index is 12.8. The molecule has 0 bridgehead atoms. The lowest BCUT2D eigenvalue weighted by atomic mass is 10.2. The van der Waals surface area contributed by atoms with Gasteiger partial charge in [0, 0.05) is 45.5 Å². The summed E-state index contributed by atoms with van der Waals surface area (Å²) < 4.78 is 71.5. The molecule has 7 nitrogen and oxygen atoms in total. The number of nitrogens with zero attached hydrogens (tertiary/aromatic N) is 4. The van der Waals surface area contributed by atoms with E-state index in [-0.39, 0.29) is 32.0 Å². The Morgan fingerprint density at radius 2 is 1.60 bits per heavy atom. The molecule has 0 atom stereocenters. The Morgan fingerprint density at radius 1 is 1.00 bits per heavy atom. The van der Waals surface area contributed by atoms with Crippen LogP contribution < -0.4 is 4.90 Å². The predicted molar refractivity (Wildman–Crippen MR) is 84.3 cm³/mol. The van der Waals surface area contributed by atoms with Gasteiger partial charge in [-0.15, -0.1) is 0 Å². The Balaban J connectivity index is 1.66. The minimum absolute atomic E-state index is 0.206. The number of anilines is 1. The second-order valence-electron chi connectivity index (χ2n) is 5.81. The fourth-order valence-electron chi connectivity index (χ4n) is 2.86. The van der Waals surface area contributed by atoms with E-state index in [4.69, 9.17) is 4.74 Å². The Labute approximate surface area is 144 Å². The van der Waals surface area contributed by atoms with Crippen LogP contribution in [-0.2, 0) is 21.1 Å². The number of hydrogen-bond donors (Lipinski definition) is 0. The molecule has 0 aliphatic carbocycles. The van der Waals surface area contributed by atoms with Gasteiger partial charge in [-0.3, -0.25) is 0 Å². The summed E-state index contributed by atoms with van der Waals surface area (Å²) in [6.07, 6.45) is -3.31. The molecular formula is C14H19F3N4O3S. The first-order valence-electron chi connectivity index (χ1n) is 7.89. The lowest BCUT2D eigenvalue weighted by molar-refractivity contribution is -0.137. The van der Waals surface area contributed by atoms with E-state index >= 15 is 0 Å². The van der Waals surface area contributed by atoms with Gasteiger partial charge in [-0.25, -0.2) is 4.98 Å². The monoisotopic (exact) mass is 380 g/mol. The summed E-state index contributed by atoms with van der Waals surface area (Å²) in [6.45, 7) is 2.36. The normalized spacial score (nSPS) is 21.5. The van der Waals surface area contributed by atoms with E-state index in [1.54, 1.807) is 4.90 Å². The van der Waals surface area contributed by atoms with Crippen molar-refractivity contribution in [2.75, 3.05) is 57.4 Å². The fraction of sp³-hybridized carbons (Fsp3) is 0.643. The van der Waals surface area contributed by atoms with Crippen molar-refractivity contribution in [1.29, 1.82) is 0 Å². The Kier molecular flexibility index (Phi) is 5.19. The largest absolute Gasteiger partial charge is 0.416 e. The number of piperazine rings is 1. The Hall–Kier alpha value is -1.43. The fourth-order valence-corrected chi connectivity index (χ4v) is 4.42. The topological polar surface area (TPSA) is 66.0 Å². The molecule has 2 aliphatic heterocycles. The van der Waals surface area contributed by atoms with Gasteiger partial charge in [0.05, 0.1) is 18.8 Å². The van der Waals surface area contributed by atoms with E-state index in [1.807, 2.05) is 0 Å². The molecule has 2 fully saturated rings. The standard InChI is InChI=1S/C14H19F3N4O3S/c15-14(16,17)12-1-2-18-13(11-12)19-3-5-20(6-4-19)25(22,23)21-7-9-24-10-8-21/h1-2,11H,3-10H2. The van der Waals surface area contributed by atoms with Crippen molar-refractivity contribution in [2.45, 2.75) is 6.18 Å². The summed E-state index contributed by atoms with van der Waals surface area (Å²) in [5.74, 6) is 0.207. The van der Waals surface area contributed by atoms with E-state index in [0.29, 0.717) is 26.3 Å². The third-order valence-corrected chi connectivity index (χ3v) is 6.29. The van der Waals surface area contributed by atoms with Crippen LogP contribution in [0.4, 0.5) is 19.0 Å². The SMILES string of the molecule is O=S(=O)(N1CCOCC1)N1CCN(c2cc(C(F)(F)F)ccn2)CC1. The maximum Gasteiger partial charge on any atom is 0.416 e. The van der Waals surface area contributed by atoms with Gasteiger partial charge >= 0.3 is 6.18 Å². The highest BCUT2D eigenvalue weighted by Crippen LogP contribution is 2.31. The van der Waals surface area contributed by atoms with Gasteiger partial charge in [-0.1, -0.05) is 0 Å². The molecule has 2 saturated heterocycles. The molecule has 0 N–H and O–H groups in total. The van der Waals surface area contributed by atoms with Crippen LogP contribution in [-0.4, -0.2) is 74.5 Å². The zero-order valence-corrected chi connectivity index (χ0v) is 14.3. The average Bonchev–Trinajstić information content (AvgIpc) is 2.62. The lowest BCUT2D eigenvalue weighted by Gasteiger charge is -2.38. The van der Waals surface area contributed by atoms with Gasteiger partial charge < -0.3 is 9.64 Å². The number of morpholine rings is 1. The highest BCUT2D eigenvalue weighted by molar-refractivity contribution is 7.86. The summed E-state index contributed by atoms with van der Waals surface area (Å²) in [7, 11) is -3.56. The maximum atomic E-state index is 12.8. The summed E-state index contributed by atoms with van der Waals surface area (Å²) in [5, 5.41) is 0. The summed E-state index contributed by atoms with van der Waals surface area (Å²) in [6, 6.07) is 1.91. The Bertz CT molecular complexity index is 700. The molecule has 0 aromatic carbocycles. The van der Waals surface area contributed by atoms with Crippen molar-refractivity contribution >= 4 is 16.0 Å². The van der Waals surface area contributed by atoms with Crippen molar-refractivity contribution in [3.63, 3.8) is 0 Å². The number of halogens is 3. The number of ether oxygens (including phenoxy) is 1. The molecule has 0 radical (unpaired) electrons. The number of hydrogen-bond acceptors (Lipinski definition) is 5. The first-order chi connectivity index (χ1) is 11.8. The van der Waals surface area contributed by atoms with Crippen LogP contribution >= 0.6 is 0 Å². The van der Waals surface area contributed by atoms with Crippen LogP contribution in [0.15, 0.2) is 18.3 Å². The molecule has 25 heavy (non-hydrogen) atoms. The van der Waals surface area contributed by atoms with Crippen LogP contribution in [0, 0.1) is 0 Å². The van der Waals surface area contributed by atoms with Crippen molar-refractivity contribution in [1.82, 2.24) is 13.6 Å². The van der Waals surface area contributed by atoms with Gasteiger partial charge in [0.2, 0.25) is 0 Å². The molecule has 0 amide bonds. The second-order valence-corrected chi connectivity index (χ2v) is 7.73. The van der Waals surface area contributed by atoms with Crippen molar-refractivity contribution < 1.29 is 26.3 Å². The quantitative estimate of drug-likeness (QED) is 0.776. The van der Waals surface area contributed by atoms with Gasteiger partial charge in [0.1, 0.15) is 5.82 Å². The van der Waals surface area contributed by atoms with Gasteiger partial charge in [-0.05, 0) is 12.1 Å². The van der Waals surface area contributed by atoms with Gasteiger partial charge in [-0.2, -0.15) is 30.2 Å². The molecule has 1 aromatic rings. The zero-order valence-electron chi connectivity index (χ0n) is 13.4. The van der Waals surface area contributed by atoms with E-state index in [1.165, 1.54) is 8.61 Å². The van der Waals surface area contributed by atoms with Crippen molar-refractivity contribution in [3.05, 3.63) is 23.9 Å². The van der Waals surface area contributed by atoms with Gasteiger partial charge in [0.15, 0.2) is 0 Å². The predicted octanol–water partition coefficient (Wildman–Crippen LogP) is 0.799. The molecule has 3 rings (SSSR count). The first-order valence-corrected chi connectivity index (χ1v) is 9.29. The lowest BCUT2D eigenvalue weighted by Crippen LogP contribution is -2.55. The van der Waals surface area contributed by atoms with Crippen molar-refractivity contribution in [2.24, 2.45) is 0 Å². The van der Waals surface area contributed by atoms with E-state index in [9.17, 15) is 21.6 Å². The number of pyridine rings is 1. The molecule has 1 aromatic heterocycles. The second kappa shape index (κ2) is 7.06. The van der Waals surface area contributed by atoms with Crippen molar-refractivity contribution in [3.8, 4) is 0 Å². The van der Waals surface area contributed by atoms with Gasteiger partial charge in [0.25, 0.3) is 10.2 Å². The molecule has 2 aliphatic rings. The summed E-state index contributed by atoms with van der Waals surface area (Å²) in [4.78, 5) is 5.65. The van der Waals surface area contributed by atoms with Crippen LogP contribution in [0.1, 0.15) is 5.56 Å². The van der Waals surface area contributed by atoms with Crippen LogP contribution in [0.25, 0.3) is 0 Å². The number of alkyl halides is 3. The first kappa shape index (κ1) is 18.4. The third kappa shape index (κ3) is 4.05. The molecular weight excluding hydrogens is 361 g/mol. The highest BCUT2D eigenvalue weighted by atomic mass is 32.2. The molecule has 3 heterocycles. The number of aromatic nitrogens is 1. The summed E-state index contributed by atoms with van der Waals surface area (Å²) >= 11 is 0. The molecule has 0 saturated carbocycles. The molecule has 11 heteroatoms. The van der Waals surface area contributed by atoms with Crippen LogP contribution in [0.2, 0.25) is 0 Å². The minimum atomic E-state index is -4.43. The zero-order chi connectivity index (χ0) is 18.1. The van der Waals surface area contributed by atoms with Crippen LogP contribution in [0.5, 0.6) is 0 Å².